The van der Waals surface area contributed by atoms with Crippen LogP contribution in [-0.4, -0.2) is 26.8 Å². The molecule has 5 heteroatoms. The first-order chi connectivity index (χ1) is 7.43. The smallest absolute Gasteiger partial charge is 0.321 e. The lowest BCUT2D eigenvalue weighted by Gasteiger charge is -2.27. The lowest BCUT2D eigenvalue weighted by Crippen LogP contribution is -2.46. The van der Waals surface area contributed by atoms with Gasteiger partial charge in [0, 0.05) is 22.9 Å². The van der Waals surface area contributed by atoms with E-state index in [9.17, 15) is 4.79 Å². The summed E-state index contributed by atoms with van der Waals surface area (Å²) in [6.45, 7) is 3.68. The SMILES string of the molecule is CC(C)(SCc1cccnc1)[C@H](N)C(=O)O. The Labute approximate surface area is 99.3 Å². The summed E-state index contributed by atoms with van der Waals surface area (Å²) < 4.78 is -0.498. The highest BCUT2D eigenvalue weighted by atomic mass is 32.2. The van der Waals surface area contributed by atoms with E-state index in [1.54, 1.807) is 12.4 Å². The summed E-state index contributed by atoms with van der Waals surface area (Å²) in [5.74, 6) is -0.259. The van der Waals surface area contributed by atoms with Crippen molar-refractivity contribution in [3.05, 3.63) is 30.1 Å². The lowest BCUT2D eigenvalue weighted by molar-refractivity contribution is -0.139. The van der Waals surface area contributed by atoms with Crippen LogP contribution in [0.1, 0.15) is 19.4 Å². The molecule has 0 aromatic carbocycles. The molecule has 1 rings (SSSR count). The zero-order chi connectivity index (χ0) is 12.2. The Morgan fingerprint density at radius 2 is 2.38 bits per heavy atom. The predicted molar refractivity (Wildman–Crippen MR) is 65.2 cm³/mol. The molecule has 0 aliphatic rings. The minimum atomic E-state index is -0.969. The van der Waals surface area contributed by atoms with Gasteiger partial charge in [0.1, 0.15) is 6.04 Å². The minimum absolute atomic E-state index is 0.498. The molecule has 1 aromatic heterocycles. The first-order valence-electron chi connectivity index (χ1n) is 4.95. The Morgan fingerprint density at radius 3 is 2.88 bits per heavy atom. The predicted octanol–water partition coefficient (Wildman–Crippen LogP) is 1.51. The number of rotatable bonds is 5. The molecule has 1 atom stereocenters. The van der Waals surface area contributed by atoms with E-state index in [0.717, 1.165) is 5.56 Å². The molecule has 0 fully saturated rings. The normalized spacial score (nSPS) is 13.4. The summed E-state index contributed by atoms with van der Waals surface area (Å²) in [6, 6.07) is 2.96. The van der Waals surface area contributed by atoms with Crippen LogP contribution in [0.15, 0.2) is 24.5 Å². The second kappa shape index (κ2) is 5.32. The maximum atomic E-state index is 10.8. The van der Waals surface area contributed by atoms with Gasteiger partial charge in [-0.3, -0.25) is 9.78 Å². The molecule has 0 saturated carbocycles. The zero-order valence-corrected chi connectivity index (χ0v) is 10.2. The van der Waals surface area contributed by atoms with Crippen molar-refractivity contribution in [2.45, 2.75) is 30.4 Å². The highest BCUT2D eigenvalue weighted by Gasteiger charge is 2.32. The van der Waals surface area contributed by atoms with E-state index >= 15 is 0 Å². The number of aliphatic carboxylic acids is 1. The van der Waals surface area contributed by atoms with Crippen LogP contribution in [0.3, 0.4) is 0 Å². The third kappa shape index (κ3) is 3.50. The number of hydrogen-bond donors (Lipinski definition) is 2. The molecule has 0 amide bonds. The van der Waals surface area contributed by atoms with E-state index in [2.05, 4.69) is 4.98 Å². The van der Waals surface area contributed by atoms with E-state index in [1.807, 2.05) is 26.0 Å². The molecular formula is C11H16N2O2S. The zero-order valence-electron chi connectivity index (χ0n) is 9.38. The molecule has 0 spiro atoms. The summed E-state index contributed by atoms with van der Waals surface area (Å²) >= 11 is 1.52. The largest absolute Gasteiger partial charge is 0.480 e. The van der Waals surface area contributed by atoms with Crippen molar-refractivity contribution in [1.82, 2.24) is 4.98 Å². The lowest BCUT2D eigenvalue weighted by atomic mass is 10.1. The number of hydrogen-bond acceptors (Lipinski definition) is 4. The number of aromatic nitrogens is 1. The van der Waals surface area contributed by atoms with Gasteiger partial charge in [0.15, 0.2) is 0 Å². The molecule has 0 unspecified atom stereocenters. The Balaban J connectivity index is 2.57. The maximum absolute atomic E-state index is 10.8. The van der Waals surface area contributed by atoms with Crippen molar-refractivity contribution in [2.24, 2.45) is 5.73 Å². The van der Waals surface area contributed by atoms with Crippen LogP contribution < -0.4 is 5.73 Å². The molecule has 16 heavy (non-hydrogen) atoms. The molecule has 3 N–H and O–H groups in total. The van der Waals surface area contributed by atoms with Crippen molar-refractivity contribution in [2.75, 3.05) is 0 Å². The number of nitrogens with two attached hydrogens (primary N) is 1. The van der Waals surface area contributed by atoms with Crippen LogP contribution in [0.2, 0.25) is 0 Å². The van der Waals surface area contributed by atoms with Gasteiger partial charge >= 0.3 is 5.97 Å². The number of carbonyl (C=O) groups is 1. The van der Waals surface area contributed by atoms with Crippen LogP contribution in [0.5, 0.6) is 0 Å². The Hall–Kier alpha value is -1.07. The van der Waals surface area contributed by atoms with E-state index in [0.29, 0.717) is 5.75 Å². The maximum Gasteiger partial charge on any atom is 0.321 e. The van der Waals surface area contributed by atoms with Crippen molar-refractivity contribution in [1.29, 1.82) is 0 Å². The molecule has 88 valence electrons. The number of carboxylic acid groups (broad SMARTS) is 1. The van der Waals surface area contributed by atoms with Gasteiger partial charge < -0.3 is 10.8 Å². The topological polar surface area (TPSA) is 76.2 Å². The molecule has 0 aliphatic heterocycles. The average Bonchev–Trinajstić information content (AvgIpc) is 2.27. The number of thioether (sulfide) groups is 1. The van der Waals surface area contributed by atoms with Crippen molar-refractivity contribution in [3.63, 3.8) is 0 Å². The molecule has 4 nitrogen and oxygen atoms in total. The monoisotopic (exact) mass is 240 g/mol. The number of nitrogens with zero attached hydrogens (tertiary/aromatic N) is 1. The van der Waals surface area contributed by atoms with Crippen LogP contribution in [-0.2, 0) is 10.5 Å². The van der Waals surface area contributed by atoms with E-state index < -0.39 is 16.8 Å². The van der Waals surface area contributed by atoms with Crippen LogP contribution in [0.25, 0.3) is 0 Å². The van der Waals surface area contributed by atoms with Crippen molar-refractivity contribution < 1.29 is 9.90 Å². The highest BCUT2D eigenvalue weighted by Crippen LogP contribution is 2.30. The van der Waals surface area contributed by atoms with Gasteiger partial charge in [-0.15, -0.1) is 11.8 Å². The first-order valence-corrected chi connectivity index (χ1v) is 5.93. The van der Waals surface area contributed by atoms with Gasteiger partial charge in [-0.2, -0.15) is 0 Å². The van der Waals surface area contributed by atoms with Gasteiger partial charge in [-0.1, -0.05) is 6.07 Å². The Kier molecular flexibility index (Phi) is 4.32. The second-order valence-electron chi connectivity index (χ2n) is 4.07. The van der Waals surface area contributed by atoms with E-state index in [4.69, 9.17) is 10.8 Å². The molecule has 0 bridgehead atoms. The highest BCUT2D eigenvalue weighted by molar-refractivity contribution is 7.99. The van der Waals surface area contributed by atoms with Crippen LogP contribution >= 0.6 is 11.8 Å². The van der Waals surface area contributed by atoms with Gasteiger partial charge in [0.05, 0.1) is 0 Å². The summed E-state index contributed by atoms with van der Waals surface area (Å²) in [4.78, 5) is 14.8. The summed E-state index contributed by atoms with van der Waals surface area (Å²) in [7, 11) is 0. The third-order valence-corrected chi connectivity index (χ3v) is 3.82. The molecular weight excluding hydrogens is 224 g/mol. The van der Waals surface area contributed by atoms with Crippen molar-refractivity contribution in [3.8, 4) is 0 Å². The van der Waals surface area contributed by atoms with Gasteiger partial charge in [-0.05, 0) is 25.5 Å². The Morgan fingerprint density at radius 1 is 1.69 bits per heavy atom. The first kappa shape index (κ1) is 13.0. The Bertz CT molecular complexity index is 354. The fourth-order valence-electron chi connectivity index (χ4n) is 1.14. The third-order valence-electron chi connectivity index (χ3n) is 2.35. The van der Waals surface area contributed by atoms with Crippen LogP contribution in [0, 0.1) is 0 Å². The number of carboxylic acids is 1. The molecule has 0 saturated heterocycles. The molecule has 0 radical (unpaired) electrons. The quantitative estimate of drug-likeness (QED) is 0.815. The number of pyridine rings is 1. The van der Waals surface area contributed by atoms with Crippen LogP contribution in [0.4, 0.5) is 0 Å². The van der Waals surface area contributed by atoms with Gasteiger partial charge in [0.2, 0.25) is 0 Å². The standard InChI is InChI=1S/C11H16N2O2S/c1-11(2,9(12)10(14)15)16-7-8-4-3-5-13-6-8/h3-6,9H,7,12H2,1-2H3,(H,14,15)/t9-/m1/s1. The molecule has 1 heterocycles. The van der Waals surface area contributed by atoms with Gasteiger partial charge in [-0.25, -0.2) is 0 Å². The second-order valence-corrected chi connectivity index (χ2v) is 5.70. The fourth-order valence-corrected chi connectivity index (χ4v) is 2.13. The fraction of sp³-hybridized carbons (Fsp3) is 0.455. The summed E-state index contributed by atoms with van der Waals surface area (Å²) in [5, 5.41) is 8.86. The summed E-state index contributed by atoms with van der Waals surface area (Å²) in [6.07, 6.45) is 3.48. The molecule has 1 aromatic rings. The molecule has 0 aliphatic carbocycles. The van der Waals surface area contributed by atoms with E-state index in [1.165, 1.54) is 11.8 Å². The summed E-state index contributed by atoms with van der Waals surface area (Å²) in [5.41, 5.74) is 6.69. The minimum Gasteiger partial charge on any atom is -0.480 e. The van der Waals surface area contributed by atoms with E-state index in [-0.39, 0.29) is 0 Å². The van der Waals surface area contributed by atoms with Crippen molar-refractivity contribution >= 4 is 17.7 Å². The average molecular weight is 240 g/mol. The van der Waals surface area contributed by atoms with Gasteiger partial charge in [0.25, 0.3) is 0 Å².